The third-order valence-corrected chi connectivity index (χ3v) is 6.37. The summed E-state index contributed by atoms with van der Waals surface area (Å²) in [7, 11) is 1.67. The Hall–Kier alpha value is -2.38. The molecule has 0 bridgehead atoms. The fourth-order valence-corrected chi connectivity index (χ4v) is 4.69. The highest BCUT2D eigenvalue weighted by molar-refractivity contribution is 7.20. The summed E-state index contributed by atoms with van der Waals surface area (Å²) in [6.07, 6.45) is 1.50. The summed E-state index contributed by atoms with van der Waals surface area (Å²) in [5.74, 6) is -0.0247. The van der Waals surface area contributed by atoms with Crippen LogP contribution in [-0.4, -0.2) is 46.5 Å². The fourth-order valence-electron chi connectivity index (χ4n) is 3.40. The lowest BCUT2D eigenvalue weighted by molar-refractivity contribution is 0.0751. The second-order valence-corrected chi connectivity index (χ2v) is 8.09. The number of aromatic nitrogens is 2. The Balaban J connectivity index is 1.55. The SMILES string of the molecule is Cc1c(C(=O)N2CCN(c3cccc(Cl)c3)CC2)sc2ncn(C)c(=O)c12. The maximum atomic E-state index is 13.0. The van der Waals surface area contributed by atoms with Crippen molar-refractivity contribution in [3.8, 4) is 0 Å². The van der Waals surface area contributed by atoms with Crippen molar-refractivity contribution in [1.29, 1.82) is 0 Å². The number of aryl methyl sites for hydroxylation is 2. The highest BCUT2D eigenvalue weighted by atomic mass is 35.5. The standard InChI is InChI=1S/C19H19ClN4O2S/c1-12-15-17(21-11-22(2)18(15)25)27-16(12)19(26)24-8-6-23(7-9-24)14-5-3-4-13(20)10-14/h3-5,10-11H,6-9H2,1-2H3. The molecule has 1 fully saturated rings. The van der Waals surface area contributed by atoms with Crippen LogP contribution >= 0.6 is 22.9 Å². The molecule has 4 rings (SSSR count). The van der Waals surface area contributed by atoms with Gasteiger partial charge >= 0.3 is 0 Å². The molecule has 140 valence electrons. The second-order valence-electron chi connectivity index (χ2n) is 6.66. The number of fused-ring (bicyclic) bond motifs is 1. The summed E-state index contributed by atoms with van der Waals surface area (Å²) in [4.78, 5) is 35.0. The van der Waals surface area contributed by atoms with Gasteiger partial charge in [-0.25, -0.2) is 4.98 Å². The summed E-state index contributed by atoms with van der Waals surface area (Å²) in [6.45, 7) is 4.58. The predicted molar refractivity (Wildman–Crippen MR) is 109 cm³/mol. The van der Waals surface area contributed by atoms with Crippen LogP contribution in [0.25, 0.3) is 10.2 Å². The Morgan fingerprint density at radius 2 is 1.96 bits per heavy atom. The average molecular weight is 403 g/mol. The number of amides is 1. The van der Waals surface area contributed by atoms with E-state index in [4.69, 9.17) is 11.6 Å². The van der Waals surface area contributed by atoms with E-state index in [-0.39, 0.29) is 11.5 Å². The van der Waals surface area contributed by atoms with Crippen LogP contribution in [0.1, 0.15) is 15.2 Å². The maximum Gasteiger partial charge on any atom is 0.264 e. The van der Waals surface area contributed by atoms with Crippen LogP contribution < -0.4 is 10.5 Å². The fraction of sp³-hybridized carbons (Fsp3) is 0.316. The minimum Gasteiger partial charge on any atom is -0.368 e. The molecule has 0 atom stereocenters. The summed E-state index contributed by atoms with van der Waals surface area (Å²) >= 11 is 7.38. The lowest BCUT2D eigenvalue weighted by Gasteiger charge is -2.36. The number of nitrogens with zero attached hydrogens (tertiary/aromatic N) is 4. The van der Waals surface area contributed by atoms with Crippen molar-refractivity contribution in [2.24, 2.45) is 7.05 Å². The molecule has 3 heterocycles. The van der Waals surface area contributed by atoms with Gasteiger partial charge < -0.3 is 14.4 Å². The topological polar surface area (TPSA) is 58.4 Å². The van der Waals surface area contributed by atoms with Crippen molar-refractivity contribution in [1.82, 2.24) is 14.5 Å². The number of anilines is 1. The molecule has 1 saturated heterocycles. The Bertz CT molecular complexity index is 1080. The number of piperazine rings is 1. The molecule has 0 N–H and O–H groups in total. The van der Waals surface area contributed by atoms with E-state index < -0.39 is 0 Å². The van der Waals surface area contributed by atoms with Gasteiger partial charge in [-0.3, -0.25) is 9.59 Å². The number of carbonyl (C=O) groups excluding carboxylic acids is 1. The largest absolute Gasteiger partial charge is 0.368 e. The van der Waals surface area contributed by atoms with Gasteiger partial charge in [-0.1, -0.05) is 17.7 Å². The van der Waals surface area contributed by atoms with E-state index in [1.165, 1.54) is 22.2 Å². The number of halogens is 1. The van der Waals surface area contributed by atoms with Gasteiger partial charge in [0.25, 0.3) is 11.5 Å². The second kappa shape index (κ2) is 6.98. The Morgan fingerprint density at radius 3 is 2.67 bits per heavy atom. The molecule has 27 heavy (non-hydrogen) atoms. The van der Waals surface area contributed by atoms with E-state index in [9.17, 15) is 9.59 Å². The first-order valence-electron chi connectivity index (χ1n) is 8.70. The minimum absolute atomic E-state index is 0.0247. The van der Waals surface area contributed by atoms with Crippen LogP contribution in [0.2, 0.25) is 5.02 Å². The molecular weight excluding hydrogens is 384 g/mol. The van der Waals surface area contributed by atoms with Gasteiger partial charge in [0.05, 0.1) is 16.6 Å². The van der Waals surface area contributed by atoms with Crippen LogP contribution in [0, 0.1) is 6.92 Å². The Kier molecular flexibility index (Phi) is 4.65. The van der Waals surface area contributed by atoms with Gasteiger partial charge in [0.2, 0.25) is 0 Å². The normalized spacial score (nSPS) is 14.8. The molecule has 1 aliphatic rings. The van der Waals surface area contributed by atoms with Crippen molar-refractivity contribution in [3.63, 3.8) is 0 Å². The third-order valence-electron chi connectivity index (χ3n) is 4.95. The van der Waals surface area contributed by atoms with Gasteiger partial charge in [0, 0.05) is 43.9 Å². The van der Waals surface area contributed by atoms with Crippen LogP contribution in [0.3, 0.4) is 0 Å². The number of hydrogen-bond acceptors (Lipinski definition) is 5. The molecule has 2 aromatic heterocycles. The molecule has 0 spiro atoms. The number of benzene rings is 1. The van der Waals surface area contributed by atoms with Crippen molar-refractivity contribution in [3.05, 3.63) is 56.4 Å². The van der Waals surface area contributed by atoms with Crippen molar-refractivity contribution >= 4 is 44.7 Å². The van der Waals surface area contributed by atoms with Crippen LogP contribution in [-0.2, 0) is 7.05 Å². The van der Waals surface area contributed by atoms with Gasteiger partial charge in [0.1, 0.15) is 4.83 Å². The van der Waals surface area contributed by atoms with Gasteiger partial charge in [0.15, 0.2) is 0 Å². The smallest absolute Gasteiger partial charge is 0.264 e. The van der Waals surface area contributed by atoms with Gasteiger partial charge in [-0.05, 0) is 30.7 Å². The summed E-state index contributed by atoms with van der Waals surface area (Å²) in [5, 5.41) is 1.26. The lowest BCUT2D eigenvalue weighted by atomic mass is 10.2. The van der Waals surface area contributed by atoms with E-state index in [2.05, 4.69) is 9.88 Å². The highest BCUT2D eigenvalue weighted by Gasteiger charge is 2.26. The molecule has 1 aliphatic heterocycles. The first kappa shape index (κ1) is 18.0. The van der Waals surface area contributed by atoms with Crippen molar-refractivity contribution in [2.45, 2.75) is 6.92 Å². The van der Waals surface area contributed by atoms with E-state index in [1.807, 2.05) is 36.1 Å². The van der Waals surface area contributed by atoms with E-state index >= 15 is 0 Å². The Morgan fingerprint density at radius 1 is 1.22 bits per heavy atom. The molecule has 0 aliphatic carbocycles. The van der Waals surface area contributed by atoms with Crippen molar-refractivity contribution < 1.29 is 4.79 Å². The molecule has 1 aromatic carbocycles. The number of thiophene rings is 1. The zero-order chi connectivity index (χ0) is 19.1. The third kappa shape index (κ3) is 3.21. The molecule has 8 heteroatoms. The monoisotopic (exact) mass is 402 g/mol. The first-order valence-corrected chi connectivity index (χ1v) is 9.89. The molecule has 0 unspecified atom stereocenters. The van der Waals surface area contributed by atoms with Gasteiger partial charge in [-0.15, -0.1) is 11.3 Å². The predicted octanol–water partition coefficient (Wildman–Crippen LogP) is 2.92. The quantitative estimate of drug-likeness (QED) is 0.661. The zero-order valence-corrected chi connectivity index (χ0v) is 16.7. The number of hydrogen-bond donors (Lipinski definition) is 0. The van der Waals surface area contributed by atoms with Gasteiger partial charge in [-0.2, -0.15) is 0 Å². The Labute approximate surface area is 165 Å². The highest BCUT2D eigenvalue weighted by Crippen LogP contribution is 2.28. The lowest BCUT2D eigenvalue weighted by Crippen LogP contribution is -2.48. The van der Waals surface area contributed by atoms with Crippen LogP contribution in [0.15, 0.2) is 35.4 Å². The minimum atomic E-state index is -0.112. The molecule has 0 radical (unpaired) electrons. The van der Waals surface area contributed by atoms with Crippen LogP contribution in [0.5, 0.6) is 0 Å². The molecule has 6 nitrogen and oxygen atoms in total. The first-order chi connectivity index (χ1) is 13.0. The molecular formula is C19H19ClN4O2S. The van der Waals surface area contributed by atoms with E-state index in [1.54, 1.807) is 7.05 Å². The van der Waals surface area contributed by atoms with Crippen LogP contribution in [0.4, 0.5) is 5.69 Å². The molecule has 0 saturated carbocycles. The maximum absolute atomic E-state index is 13.0. The average Bonchev–Trinajstić information content (AvgIpc) is 3.01. The summed E-state index contributed by atoms with van der Waals surface area (Å²) in [5.41, 5.74) is 1.69. The van der Waals surface area contributed by atoms with E-state index in [0.29, 0.717) is 33.2 Å². The summed E-state index contributed by atoms with van der Waals surface area (Å²) in [6, 6.07) is 7.76. The van der Waals surface area contributed by atoms with E-state index in [0.717, 1.165) is 24.3 Å². The number of rotatable bonds is 2. The molecule has 1 amide bonds. The zero-order valence-electron chi connectivity index (χ0n) is 15.1. The summed E-state index contributed by atoms with van der Waals surface area (Å²) < 4.78 is 1.44. The number of carbonyl (C=O) groups is 1. The van der Waals surface area contributed by atoms with Crippen molar-refractivity contribution in [2.75, 3.05) is 31.1 Å². The molecule has 3 aromatic rings.